The molecule has 2 heterocycles. The number of nitrogens with zero attached hydrogens (tertiary/aromatic N) is 2. The van der Waals surface area contributed by atoms with Crippen LogP contribution >= 0.6 is 11.9 Å². The number of aromatic hydroxyl groups is 1. The van der Waals surface area contributed by atoms with Gasteiger partial charge in [0.2, 0.25) is 0 Å². The van der Waals surface area contributed by atoms with Gasteiger partial charge in [-0.25, -0.2) is 8.70 Å². The van der Waals surface area contributed by atoms with E-state index in [1.807, 2.05) is 47.7 Å². The smallest absolute Gasteiger partial charge is 0.309 e. The molecule has 1 saturated heterocycles. The lowest BCUT2D eigenvalue weighted by Crippen LogP contribution is -2.23. The summed E-state index contributed by atoms with van der Waals surface area (Å²) in [5.41, 5.74) is 5.54. The number of phenols is 1. The van der Waals surface area contributed by atoms with Crippen molar-refractivity contribution in [3.05, 3.63) is 59.8 Å². The average Bonchev–Trinajstić information content (AvgIpc) is 3.01. The number of nitrogens with one attached hydrogen (secondary N) is 1. The van der Waals surface area contributed by atoms with Gasteiger partial charge in [-0.3, -0.25) is 10.2 Å². The van der Waals surface area contributed by atoms with E-state index in [-0.39, 0.29) is 18.1 Å². The lowest BCUT2D eigenvalue weighted by molar-refractivity contribution is -0.135. The molecule has 2 aliphatic heterocycles. The van der Waals surface area contributed by atoms with Crippen molar-refractivity contribution in [3.63, 3.8) is 0 Å². The zero-order chi connectivity index (χ0) is 20.8. The molecule has 1 aromatic carbocycles. The van der Waals surface area contributed by atoms with Crippen LogP contribution in [0.5, 0.6) is 5.75 Å². The Kier molecular flexibility index (Phi) is 7.11. The second kappa shape index (κ2) is 9.76. The number of halogens is 1. The summed E-state index contributed by atoms with van der Waals surface area (Å²) in [5, 5.41) is 21.9. The van der Waals surface area contributed by atoms with Gasteiger partial charge in [-0.15, -0.1) is 0 Å². The van der Waals surface area contributed by atoms with Crippen LogP contribution in [0, 0.1) is 5.92 Å². The molecule has 0 spiro atoms. The molecule has 2 bridgehead atoms. The largest absolute Gasteiger partial charge is 0.508 e. The molecule has 29 heavy (non-hydrogen) atoms. The molecule has 8 heteroatoms. The Morgan fingerprint density at radius 2 is 2.14 bits per heavy atom. The summed E-state index contributed by atoms with van der Waals surface area (Å²) in [7, 11) is 0. The Bertz CT molecular complexity index is 864. The van der Waals surface area contributed by atoms with Crippen LogP contribution in [0.25, 0.3) is 0 Å². The second-order valence-electron chi connectivity index (χ2n) is 7.04. The van der Waals surface area contributed by atoms with Crippen molar-refractivity contribution in [2.24, 2.45) is 11.0 Å². The topological polar surface area (TPSA) is 85.2 Å². The first kappa shape index (κ1) is 21.1. The van der Waals surface area contributed by atoms with Gasteiger partial charge in [0.05, 0.1) is 17.8 Å². The first-order valence-electron chi connectivity index (χ1n) is 9.37. The number of carboxylic acids is 1. The molecule has 0 aromatic heterocycles. The molecule has 1 aromatic rings. The molecule has 0 radical (unpaired) electrons. The Balaban J connectivity index is 0.000000166. The predicted octanol–water partition coefficient (Wildman–Crippen LogP) is 3.88. The minimum Gasteiger partial charge on any atom is -0.508 e. The number of allylic oxidation sites excluding steroid dienone is 5. The SMILES string of the molecule is CC1=CC2=CC(C=C1)C(CC(=O)O)=NN2.Oc1ccc(SN2CC[C@H](F)C2)cc1. The molecular formula is C21H24FN3O3S. The van der Waals surface area contributed by atoms with E-state index >= 15 is 0 Å². The maximum absolute atomic E-state index is 12.8. The summed E-state index contributed by atoms with van der Waals surface area (Å²) in [6.45, 7) is 3.30. The van der Waals surface area contributed by atoms with Gasteiger partial charge in [0.25, 0.3) is 0 Å². The predicted molar refractivity (Wildman–Crippen MR) is 112 cm³/mol. The minimum absolute atomic E-state index is 0.00560. The summed E-state index contributed by atoms with van der Waals surface area (Å²) in [4.78, 5) is 11.7. The zero-order valence-electron chi connectivity index (χ0n) is 16.1. The minimum atomic E-state index is -0.852. The van der Waals surface area contributed by atoms with Crippen molar-refractivity contribution in [2.75, 3.05) is 13.1 Å². The standard InChI is InChI=1S/C11H12N2O2.C10H12FNOS/c1-7-2-3-8-5-9(4-7)12-13-10(8)6-11(14)15;11-8-5-6-12(7-8)14-10-3-1-9(13)2-4-10/h2-5,8,12H,6H2,1H3,(H,14,15);1-4,8,13H,5-7H2/t;8-/m.0/s1. The van der Waals surface area contributed by atoms with Crippen molar-refractivity contribution >= 4 is 23.6 Å². The van der Waals surface area contributed by atoms with E-state index in [1.54, 1.807) is 24.1 Å². The van der Waals surface area contributed by atoms with Gasteiger partial charge in [-0.2, -0.15) is 5.10 Å². The maximum atomic E-state index is 12.8. The van der Waals surface area contributed by atoms with Gasteiger partial charge < -0.3 is 10.2 Å². The van der Waals surface area contributed by atoms with E-state index in [1.165, 1.54) is 0 Å². The van der Waals surface area contributed by atoms with Crippen LogP contribution in [0.15, 0.2) is 69.8 Å². The second-order valence-corrected chi connectivity index (χ2v) is 8.21. The number of fused-ring (bicyclic) bond motifs is 1. The number of hydrogen-bond acceptors (Lipinski definition) is 6. The lowest BCUT2D eigenvalue weighted by atomic mass is 9.98. The van der Waals surface area contributed by atoms with E-state index < -0.39 is 12.1 Å². The Labute approximate surface area is 173 Å². The van der Waals surface area contributed by atoms with Gasteiger partial charge in [0.1, 0.15) is 11.9 Å². The van der Waals surface area contributed by atoms with Gasteiger partial charge in [0, 0.05) is 23.9 Å². The van der Waals surface area contributed by atoms with Crippen LogP contribution in [0.1, 0.15) is 19.8 Å². The van der Waals surface area contributed by atoms with Gasteiger partial charge in [-0.1, -0.05) is 12.2 Å². The number of carbonyl (C=O) groups is 1. The van der Waals surface area contributed by atoms with Crippen LogP contribution in [0.2, 0.25) is 0 Å². The molecule has 1 unspecified atom stereocenters. The summed E-state index contributed by atoms with van der Waals surface area (Å²) >= 11 is 1.55. The molecule has 3 N–H and O–H groups in total. The number of phenolic OH excluding ortho intramolecular Hbond substituents is 1. The number of carboxylic acid groups (broad SMARTS) is 1. The molecule has 3 aliphatic rings. The first-order valence-corrected chi connectivity index (χ1v) is 10.1. The fraction of sp³-hybridized carbons (Fsp3) is 0.333. The van der Waals surface area contributed by atoms with E-state index in [0.717, 1.165) is 22.7 Å². The fourth-order valence-electron chi connectivity index (χ4n) is 3.07. The molecule has 1 fully saturated rings. The fourth-order valence-corrected chi connectivity index (χ4v) is 4.06. The highest BCUT2D eigenvalue weighted by atomic mass is 32.2. The molecule has 154 valence electrons. The van der Waals surface area contributed by atoms with Crippen LogP contribution < -0.4 is 5.43 Å². The highest BCUT2D eigenvalue weighted by Crippen LogP contribution is 2.28. The van der Waals surface area contributed by atoms with Gasteiger partial charge in [-0.05, 0) is 67.3 Å². The van der Waals surface area contributed by atoms with Crippen molar-refractivity contribution < 1.29 is 19.4 Å². The number of alkyl halides is 1. The third kappa shape index (κ3) is 6.47. The molecule has 0 saturated carbocycles. The number of hydrogen-bond donors (Lipinski definition) is 3. The van der Waals surface area contributed by atoms with E-state index in [2.05, 4.69) is 10.5 Å². The van der Waals surface area contributed by atoms with E-state index in [4.69, 9.17) is 10.2 Å². The zero-order valence-corrected chi connectivity index (χ0v) is 16.9. The summed E-state index contributed by atoms with van der Waals surface area (Å²) in [6, 6.07) is 6.97. The summed E-state index contributed by atoms with van der Waals surface area (Å²) in [5.74, 6) is -0.583. The average molecular weight is 418 g/mol. The number of aliphatic carboxylic acids is 1. The summed E-state index contributed by atoms with van der Waals surface area (Å²) < 4.78 is 14.9. The molecule has 1 aliphatic carbocycles. The molecular weight excluding hydrogens is 393 g/mol. The van der Waals surface area contributed by atoms with E-state index in [0.29, 0.717) is 18.7 Å². The van der Waals surface area contributed by atoms with Crippen LogP contribution in [0.3, 0.4) is 0 Å². The molecule has 2 atom stereocenters. The monoisotopic (exact) mass is 417 g/mol. The first-order chi connectivity index (χ1) is 13.9. The normalized spacial score (nSPS) is 23.0. The Morgan fingerprint density at radius 3 is 2.79 bits per heavy atom. The molecule has 0 amide bonds. The van der Waals surface area contributed by atoms with Crippen molar-refractivity contribution in [3.8, 4) is 5.75 Å². The third-order valence-electron chi connectivity index (χ3n) is 4.52. The van der Waals surface area contributed by atoms with Gasteiger partial charge >= 0.3 is 5.97 Å². The quantitative estimate of drug-likeness (QED) is 0.645. The number of benzene rings is 1. The molecule has 6 nitrogen and oxygen atoms in total. The maximum Gasteiger partial charge on any atom is 0.309 e. The third-order valence-corrected chi connectivity index (χ3v) is 5.59. The summed E-state index contributed by atoms with van der Waals surface area (Å²) in [6.07, 6.45) is 7.85. The van der Waals surface area contributed by atoms with Crippen molar-refractivity contribution in [1.29, 1.82) is 0 Å². The van der Waals surface area contributed by atoms with Crippen LogP contribution in [-0.2, 0) is 4.79 Å². The van der Waals surface area contributed by atoms with Crippen LogP contribution in [-0.4, -0.2) is 45.5 Å². The number of hydrazone groups is 1. The van der Waals surface area contributed by atoms with Crippen molar-refractivity contribution in [1.82, 2.24) is 9.73 Å². The van der Waals surface area contributed by atoms with E-state index in [9.17, 15) is 9.18 Å². The van der Waals surface area contributed by atoms with Crippen molar-refractivity contribution in [2.45, 2.75) is 30.8 Å². The highest BCUT2D eigenvalue weighted by Gasteiger charge is 2.22. The highest BCUT2D eigenvalue weighted by molar-refractivity contribution is 7.97. The lowest BCUT2D eigenvalue weighted by Gasteiger charge is -2.16. The molecule has 4 rings (SSSR count). The van der Waals surface area contributed by atoms with Gasteiger partial charge in [0.15, 0.2) is 0 Å². The Morgan fingerprint density at radius 1 is 1.38 bits per heavy atom. The van der Waals surface area contributed by atoms with Crippen LogP contribution in [0.4, 0.5) is 4.39 Å². The number of rotatable bonds is 4. The Hall–Kier alpha value is -2.58.